The van der Waals surface area contributed by atoms with E-state index < -0.39 is 6.10 Å². The van der Waals surface area contributed by atoms with Gasteiger partial charge in [0.15, 0.2) is 0 Å². The number of methoxy groups -OCH3 is 2. The maximum atomic E-state index is 13.4. The largest absolute Gasteiger partial charge is 0.497 e. The Morgan fingerprint density at radius 3 is 2.14 bits per heavy atom. The molecule has 1 unspecified atom stereocenters. The molecule has 4 heteroatoms. The molecule has 0 saturated heterocycles. The van der Waals surface area contributed by atoms with Crippen LogP contribution in [-0.2, 0) is 0 Å². The summed E-state index contributed by atoms with van der Waals surface area (Å²) in [4.78, 5) is 0. The Labute approximate surface area is 124 Å². The zero-order valence-electron chi connectivity index (χ0n) is 12.6. The molecule has 2 aromatic carbocycles. The lowest BCUT2D eigenvalue weighted by atomic mass is 9.92. The van der Waals surface area contributed by atoms with Crippen molar-refractivity contribution in [3.05, 3.63) is 58.4 Å². The summed E-state index contributed by atoms with van der Waals surface area (Å²) in [5, 5.41) is 10.7. The molecule has 21 heavy (non-hydrogen) atoms. The molecular weight excluding hydrogens is 271 g/mol. The second kappa shape index (κ2) is 6.14. The second-order valence-electron chi connectivity index (χ2n) is 4.96. The van der Waals surface area contributed by atoms with Crippen LogP contribution in [-0.4, -0.2) is 19.3 Å². The molecule has 112 valence electrons. The lowest BCUT2D eigenvalue weighted by Gasteiger charge is -2.20. The molecular formula is C17H19FO3. The van der Waals surface area contributed by atoms with Crippen molar-refractivity contribution in [2.75, 3.05) is 14.2 Å². The summed E-state index contributed by atoms with van der Waals surface area (Å²) >= 11 is 0. The first-order valence-electron chi connectivity index (χ1n) is 6.64. The molecule has 0 heterocycles. The first kappa shape index (κ1) is 15.3. The lowest BCUT2D eigenvalue weighted by molar-refractivity contribution is 0.213. The quantitative estimate of drug-likeness (QED) is 0.936. The van der Waals surface area contributed by atoms with Crippen molar-refractivity contribution in [3.63, 3.8) is 0 Å². The van der Waals surface area contributed by atoms with E-state index in [1.165, 1.54) is 19.2 Å². The van der Waals surface area contributed by atoms with Crippen LogP contribution in [0.5, 0.6) is 11.5 Å². The predicted molar refractivity (Wildman–Crippen MR) is 79.5 cm³/mol. The van der Waals surface area contributed by atoms with E-state index in [1.807, 2.05) is 0 Å². The monoisotopic (exact) mass is 290 g/mol. The Balaban J connectivity index is 2.52. The Bertz CT molecular complexity index is 629. The molecule has 0 spiro atoms. The van der Waals surface area contributed by atoms with Crippen molar-refractivity contribution in [3.8, 4) is 11.5 Å². The van der Waals surface area contributed by atoms with Gasteiger partial charge in [0.2, 0.25) is 0 Å². The van der Waals surface area contributed by atoms with Crippen molar-refractivity contribution in [1.82, 2.24) is 0 Å². The number of benzene rings is 2. The Morgan fingerprint density at radius 2 is 1.62 bits per heavy atom. The van der Waals surface area contributed by atoms with Crippen LogP contribution in [0.3, 0.4) is 0 Å². The van der Waals surface area contributed by atoms with Gasteiger partial charge in [-0.2, -0.15) is 0 Å². The molecule has 0 radical (unpaired) electrons. The van der Waals surface area contributed by atoms with Gasteiger partial charge in [-0.05, 0) is 54.8 Å². The van der Waals surface area contributed by atoms with Gasteiger partial charge in [0, 0.05) is 11.6 Å². The number of halogens is 1. The van der Waals surface area contributed by atoms with Crippen LogP contribution in [0.1, 0.15) is 28.4 Å². The Morgan fingerprint density at radius 1 is 1.00 bits per heavy atom. The first-order valence-corrected chi connectivity index (χ1v) is 6.64. The second-order valence-corrected chi connectivity index (χ2v) is 4.96. The SMILES string of the molecule is COc1ccc(C(O)c2c(C)cc(F)cc2C)c(OC)c1. The van der Waals surface area contributed by atoms with Crippen LogP contribution < -0.4 is 9.47 Å². The number of hydrogen-bond donors (Lipinski definition) is 1. The molecule has 0 saturated carbocycles. The molecule has 0 aliphatic carbocycles. The van der Waals surface area contributed by atoms with Crippen LogP contribution in [0, 0.1) is 19.7 Å². The van der Waals surface area contributed by atoms with Gasteiger partial charge in [-0.25, -0.2) is 4.39 Å². The van der Waals surface area contributed by atoms with Gasteiger partial charge in [-0.1, -0.05) is 0 Å². The van der Waals surface area contributed by atoms with Gasteiger partial charge >= 0.3 is 0 Å². The van der Waals surface area contributed by atoms with E-state index in [4.69, 9.17) is 9.47 Å². The molecule has 1 N–H and O–H groups in total. The van der Waals surface area contributed by atoms with E-state index in [1.54, 1.807) is 39.2 Å². The molecule has 0 aliphatic heterocycles. The minimum absolute atomic E-state index is 0.303. The molecule has 0 amide bonds. The molecule has 2 rings (SSSR count). The summed E-state index contributed by atoms with van der Waals surface area (Å²) in [5.74, 6) is 0.878. The summed E-state index contributed by atoms with van der Waals surface area (Å²) in [5.41, 5.74) is 2.73. The van der Waals surface area contributed by atoms with Crippen molar-refractivity contribution in [1.29, 1.82) is 0 Å². The van der Waals surface area contributed by atoms with Crippen LogP contribution in [0.4, 0.5) is 4.39 Å². The van der Waals surface area contributed by atoms with Crippen molar-refractivity contribution in [2.45, 2.75) is 20.0 Å². The normalized spacial score (nSPS) is 12.1. The van der Waals surface area contributed by atoms with Gasteiger partial charge in [0.25, 0.3) is 0 Å². The fraction of sp³-hybridized carbons (Fsp3) is 0.294. The third-order valence-corrected chi connectivity index (χ3v) is 3.57. The Hall–Kier alpha value is -2.07. The van der Waals surface area contributed by atoms with E-state index in [9.17, 15) is 9.50 Å². The highest BCUT2D eigenvalue weighted by molar-refractivity contribution is 5.48. The van der Waals surface area contributed by atoms with Crippen molar-refractivity contribution < 1.29 is 19.0 Å². The fourth-order valence-electron chi connectivity index (χ4n) is 2.55. The van der Waals surface area contributed by atoms with E-state index in [0.29, 0.717) is 33.8 Å². The number of ether oxygens (including phenoxy) is 2. The maximum Gasteiger partial charge on any atom is 0.128 e. The lowest BCUT2D eigenvalue weighted by Crippen LogP contribution is -2.07. The highest BCUT2D eigenvalue weighted by Gasteiger charge is 2.20. The fourth-order valence-corrected chi connectivity index (χ4v) is 2.55. The average molecular weight is 290 g/mol. The zero-order chi connectivity index (χ0) is 15.6. The van der Waals surface area contributed by atoms with Crippen LogP contribution >= 0.6 is 0 Å². The number of rotatable bonds is 4. The van der Waals surface area contributed by atoms with E-state index in [0.717, 1.165) is 0 Å². The molecule has 2 aromatic rings. The summed E-state index contributed by atoms with van der Waals surface area (Å²) in [7, 11) is 3.11. The predicted octanol–water partition coefficient (Wildman–Crippen LogP) is 3.54. The van der Waals surface area contributed by atoms with E-state index in [2.05, 4.69) is 0 Å². The van der Waals surface area contributed by atoms with E-state index >= 15 is 0 Å². The molecule has 1 atom stereocenters. The highest BCUT2D eigenvalue weighted by atomic mass is 19.1. The number of aliphatic hydroxyl groups is 1. The minimum atomic E-state index is -0.883. The highest BCUT2D eigenvalue weighted by Crippen LogP contribution is 2.35. The summed E-state index contributed by atoms with van der Waals surface area (Å²) in [6.07, 6.45) is -0.883. The Kier molecular flexibility index (Phi) is 4.48. The smallest absolute Gasteiger partial charge is 0.128 e. The topological polar surface area (TPSA) is 38.7 Å². The van der Waals surface area contributed by atoms with Crippen LogP contribution in [0.25, 0.3) is 0 Å². The molecule has 0 bridgehead atoms. The molecule has 0 aliphatic rings. The van der Waals surface area contributed by atoms with E-state index in [-0.39, 0.29) is 5.82 Å². The van der Waals surface area contributed by atoms with Gasteiger partial charge in [0.05, 0.1) is 14.2 Å². The minimum Gasteiger partial charge on any atom is -0.497 e. The zero-order valence-corrected chi connectivity index (χ0v) is 12.6. The number of aliphatic hydroxyl groups excluding tert-OH is 1. The van der Waals surface area contributed by atoms with Gasteiger partial charge in [-0.15, -0.1) is 0 Å². The number of aryl methyl sites for hydroxylation is 2. The third kappa shape index (κ3) is 3.00. The standard InChI is InChI=1S/C17H19FO3/c1-10-7-12(18)8-11(2)16(10)17(19)14-6-5-13(20-3)9-15(14)21-4/h5-9,17,19H,1-4H3. The summed E-state index contributed by atoms with van der Waals surface area (Å²) in [6.45, 7) is 3.56. The average Bonchev–Trinajstić information content (AvgIpc) is 2.45. The van der Waals surface area contributed by atoms with Crippen molar-refractivity contribution in [2.24, 2.45) is 0 Å². The van der Waals surface area contributed by atoms with Crippen LogP contribution in [0.2, 0.25) is 0 Å². The van der Waals surface area contributed by atoms with Crippen molar-refractivity contribution >= 4 is 0 Å². The van der Waals surface area contributed by atoms with Gasteiger partial charge in [-0.3, -0.25) is 0 Å². The number of hydrogen-bond acceptors (Lipinski definition) is 3. The molecule has 0 aromatic heterocycles. The summed E-state index contributed by atoms with van der Waals surface area (Å²) in [6, 6.07) is 8.07. The van der Waals surface area contributed by atoms with Gasteiger partial charge < -0.3 is 14.6 Å². The first-order chi connectivity index (χ1) is 9.97. The van der Waals surface area contributed by atoms with Crippen LogP contribution in [0.15, 0.2) is 30.3 Å². The molecule has 0 fully saturated rings. The third-order valence-electron chi connectivity index (χ3n) is 3.57. The molecule has 3 nitrogen and oxygen atoms in total. The van der Waals surface area contributed by atoms with Gasteiger partial charge in [0.1, 0.15) is 23.4 Å². The summed E-state index contributed by atoms with van der Waals surface area (Å²) < 4.78 is 23.9. The maximum absolute atomic E-state index is 13.4.